The molecule has 0 aliphatic rings. The van der Waals surface area contributed by atoms with Crippen LogP contribution in [0.1, 0.15) is 11.1 Å². The second-order valence-electron chi connectivity index (χ2n) is 4.42. The predicted molar refractivity (Wildman–Crippen MR) is 82.8 cm³/mol. The zero-order valence-electron chi connectivity index (χ0n) is 11.5. The van der Waals surface area contributed by atoms with E-state index < -0.39 is 5.97 Å². The van der Waals surface area contributed by atoms with E-state index in [1.54, 1.807) is 25.3 Å². The summed E-state index contributed by atoms with van der Waals surface area (Å²) in [5.41, 5.74) is 1.54. The van der Waals surface area contributed by atoms with E-state index in [1.807, 2.05) is 24.3 Å². The van der Waals surface area contributed by atoms with Crippen LogP contribution < -0.4 is 9.47 Å². The van der Waals surface area contributed by atoms with Gasteiger partial charge in [0.25, 0.3) is 0 Å². The molecule has 0 aliphatic heterocycles. The molecule has 0 fully saturated rings. The Morgan fingerprint density at radius 1 is 1.14 bits per heavy atom. The van der Waals surface area contributed by atoms with Crippen LogP contribution in [0.15, 0.2) is 46.9 Å². The molecule has 2 aromatic carbocycles. The van der Waals surface area contributed by atoms with E-state index in [2.05, 4.69) is 15.9 Å². The predicted octanol–water partition coefficient (Wildman–Crippen LogP) is 3.66. The molecule has 110 valence electrons. The number of para-hydroxylation sites is 1. The number of ether oxygens (including phenoxy) is 2. The van der Waals surface area contributed by atoms with Crippen LogP contribution in [-0.4, -0.2) is 18.2 Å². The molecule has 1 N–H and O–H groups in total. The maximum absolute atomic E-state index is 10.9. The maximum Gasteiger partial charge on any atom is 0.307 e. The van der Waals surface area contributed by atoms with Gasteiger partial charge in [0, 0.05) is 15.6 Å². The lowest BCUT2D eigenvalue weighted by Crippen LogP contribution is -2.04. The van der Waals surface area contributed by atoms with Gasteiger partial charge in [-0.2, -0.15) is 0 Å². The van der Waals surface area contributed by atoms with E-state index in [4.69, 9.17) is 14.6 Å². The lowest BCUT2D eigenvalue weighted by molar-refractivity contribution is -0.136. The Labute approximate surface area is 131 Å². The fraction of sp³-hybridized carbons (Fsp3) is 0.188. The number of carboxylic acids is 1. The topological polar surface area (TPSA) is 55.8 Å². The zero-order valence-corrected chi connectivity index (χ0v) is 13.1. The first-order chi connectivity index (χ1) is 10.1. The van der Waals surface area contributed by atoms with Crippen molar-refractivity contribution in [3.05, 3.63) is 58.1 Å². The van der Waals surface area contributed by atoms with Gasteiger partial charge in [-0.1, -0.05) is 34.1 Å². The summed E-state index contributed by atoms with van der Waals surface area (Å²) in [6.07, 6.45) is -0.0637. The molecular formula is C16H15BrO4. The minimum atomic E-state index is -0.883. The monoisotopic (exact) mass is 350 g/mol. The summed E-state index contributed by atoms with van der Waals surface area (Å²) in [7, 11) is 1.60. The maximum atomic E-state index is 10.9. The number of carbonyl (C=O) groups is 1. The van der Waals surface area contributed by atoms with E-state index in [9.17, 15) is 4.79 Å². The van der Waals surface area contributed by atoms with Crippen LogP contribution in [0.5, 0.6) is 11.5 Å². The molecule has 0 aromatic heterocycles. The van der Waals surface area contributed by atoms with Crippen molar-refractivity contribution < 1.29 is 19.4 Å². The first kappa shape index (κ1) is 15.4. The van der Waals surface area contributed by atoms with Crippen molar-refractivity contribution >= 4 is 21.9 Å². The first-order valence-electron chi connectivity index (χ1n) is 6.35. The Bertz CT molecular complexity index is 640. The van der Waals surface area contributed by atoms with Gasteiger partial charge in [-0.25, -0.2) is 0 Å². The van der Waals surface area contributed by atoms with Gasteiger partial charge in [0.1, 0.15) is 18.1 Å². The number of hydrogen-bond acceptors (Lipinski definition) is 3. The van der Waals surface area contributed by atoms with E-state index in [0.717, 1.165) is 15.8 Å². The van der Waals surface area contributed by atoms with Crippen LogP contribution in [0.25, 0.3) is 0 Å². The van der Waals surface area contributed by atoms with Crippen molar-refractivity contribution in [3.63, 3.8) is 0 Å². The highest BCUT2D eigenvalue weighted by Crippen LogP contribution is 2.26. The van der Waals surface area contributed by atoms with Crippen LogP contribution >= 0.6 is 15.9 Å². The number of methoxy groups -OCH3 is 1. The Hall–Kier alpha value is -2.01. The highest BCUT2D eigenvalue weighted by molar-refractivity contribution is 9.10. The fourth-order valence-electron chi connectivity index (χ4n) is 1.97. The fourth-order valence-corrected chi connectivity index (χ4v) is 2.38. The van der Waals surface area contributed by atoms with Crippen LogP contribution in [0.3, 0.4) is 0 Å². The van der Waals surface area contributed by atoms with Crippen molar-refractivity contribution in [3.8, 4) is 11.5 Å². The van der Waals surface area contributed by atoms with Crippen LogP contribution in [0, 0.1) is 0 Å². The molecule has 0 atom stereocenters. The van der Waals surface area contributed by atoms with E-state index in [-0.39, 0.29) is 6.42 Å². The van der Waals surface area contributed by atoms with Crippen molar-refractivity contribution in [2.75, 3.05) is 7.11 Å². The minimum Gasteiger partial charge on any atom is -0.496 e. The molecule has 5 heteroatoms. The second kappa shape index (κ2) is 7.13. The summed E-state index contributed by atoms with van der Waals surface area (Å²) in [4.78, 5) is 10.9. The molecule has 0 unspecified atom stereocenters. The standard InChI is InChI=1S/C16H15BrO4/c1-20-14-7-6-13(17)8-12(14)10-21-15-5-3-2-4-11(15)9-16(18)19/h2-8H,9-10H2,1H3,(H,18,19). The van der Waals surface area contributed by atoms with Crippen LogP contribution in [0.4, 0.5) is 0 Å². The summed E-state index contributed by atoms with van der Waals surface area (Å²) in [5.74, 6) is 0.418. The highest BCUT2D eigenvalue weighted by atomic mass is 79.9. The van der Waals surface area contributed by atoms with Gasteiger partial charge in [0.15, 0.2) is 0 Å². The molecule has 0 heterocycles. The summed E-state index contributed by atoms with van der Waals surface area (Å²) in [6, 6.07) is 12.8. The van der Waals surface area contributed by atoms with Crippen molar-refractivity contribution in [2.45, 2.75) is 13.0 Å². The van der Waals surface area contributed by atoms with Crippen molar-refractivity contribution in [1.29, 1.82) is 0 Å². The average molecular weight is 351 g/mol. The van der Waals surface area contributed by atoms with Gasteiger partial charge in [-0.3, -0.25) is 4.79 Å². The number of aliphatic carboxylic acids is 1. The van der Waals surface area contributed by atoms with Gasteiger partial charge < -0.3 is 14.6 Å². The molecule has 0 amide bonds. The third-order valence-electron chi connectivity index (χ3n) is 2.94. The smallest absolute Gasteiger partial charge is 0.307 e. The molecule has 2 aromatic rings. The largest absolute Gasteiger partial charge is 0.496 e. The van der Waals surface area contributed by atoms with Crippen molar-refractivity contribution in [1.82, 2.24) is 0 Å². The average Bonchev–Trinajstić information content (AvgIpc) is 2.46. The number of halogens is 1. The lowest BCUT2D eigenvalue weighted by Gasteiger charge is -2.13. The number of rotatable bonds is 6. The Morgan fingerprint density at radius 3 is 2.62 bits per heavy atom. The molecule has 0 saturated heterocycles. The van der Waals surface area contributed by atoms with E-state index >= 15 is 0 Å². The summed E-state index contributed by atoms with van der Waals surface area (Å²) in [6.45, 7) is 0.305. The quantitative estimate of drug-likeness (QED) is 0.863. The molecule has 0 bridgehead atoms. The molecular weight excluding hydrogens is 336 g/mol. The zero-order chi connectivity index (χ0) is 15.2. The van der Waals surface area contributed by atoms with Crippen LogP contribution in [0.2, 0.25) is 0 Å². The Morgan fingerprint density at radius 2 is 1.90 bits per heavy atom. The third kappa shape index (κ3) is 4.23. The highest BCUT2D eigenvalue weighted by Gasteiger charge is 2.09. The number of carboxylic acid groups (broad SMARTS) is 1. The molecule has 2 rings (SSSR count). The Kier molecular flexibility index (Phi) is 5.22. The van der Waals surface area contributed by atoms with Crippen LogP contribution in [-0.2, 0) is 17.8 Å². The van der Waals surface area contributed by atoms with Gasteiger partial charge in [-0.15, -0.1) is 0 Å². The normalized spacial score (nSPS) is 10.2. The van der Waals surface area contributed by atoms with Gasteiger partial charge in [-0.05, 0) is 24.3 Å². The second-order valence-corrected chi connectivity index (χ2v) is 5.34. The minimum absolute atomic E-state index is 0.0637. The SMILES string of the molecule is COc1ccc(Br)cc1COc1ccccc1CC(=O)O. The van der Waals surface area contributed by atoms with Gasteiger partial charge in [0.2, 0.25) is 0 Å². The first-order valence-corrected chi connectivity index (χ1v) is 7.14. The third-order valence-corrected chi connectivity index (χ3v) is 3.43. The molecule has 0 radical (unpaired) electrons. The Balaban J connectivity index is 2.17. The van der Waals surface area contributed by atoms with E-state index in [0.29, 0.717) is 17.9 Å². The molecule has 0 spiro atoms. The molecule has 0 aliphatic carbocycles. The lowest BCUT2D eigenvalue weighted by atomic mass is 10.1. The summed E-state index contributed by atoms with van der Waals surface area (Å²) < 4.78 is 12.0. The molecule has 4 nitrogen and oxygen atoms in total. The molecule has 0 saturated carbocycles. The summed E-state index contributed by atoms with van der Waals surface area (Å²) >= 11 is 3.41. The number of benzene rings is 2. The molecule has 21 heavy (non-hydrogen) atoms. The van der Waals surface area contributed by atoms with Gasteiger partial charge in [0.05, 0.1) is 13.5 Å². The summed E-state index contributed by atoms with van der Waals surface area (Å²) in [5, 5.41) is 8.91. The van der Waals surface area contributed by atoms with Gasteiger partial charge >= 0.3 is 5.97 Å². The van der Waals surface area contributed by atoms with E-state index in [1.165, 1.54) is 0 Å². The number of hydrogen-bond donors (Lipinski definition) is 1. The van der Waals surface area contributed by atoms with Crippen molar-refractivity contribution in [2.24, 2.45) is 0 Å².